The van der Waals surface area contributed by atoms with E-state index in [1.54, 1.807) is 24.4 Å². The first-order chi connectivity index (χ1) is 20.4. The Kier molecular flexibility index (Phi) is 9.32. The fourth-order valence-corrected chi connectivity index (χ4v) is 5.27. The number of nitrogens with one attached hydrogen (secondary N) is 1. The van der Waals surface area contributed by atoms with E-state index in [-0.39, 0.29) is 24.9 Å². The average molecular weight is 582 g/mol. The molecule has 1 saturated heterocycles. The first kappa shape index (κ1) is 29.1. The Hall–Kier alpha value is -4.45. The number of likely N-dealkylation sites (N-methyl/N-ethyl adjacent to an activating group) is 1. The van der Waals surface area contributed by atoms with Gasteiger partial charge in [0.25, 0.3) is 0 Å². The van der Waals surface area contributed by atoms with Crippen molar-refractivity contribution < 1.29 is 14.3 Å². The van der Waals surface area contributed by atoms with Gasteiger partial charge >= 0.3 is 0 Å². The molecule has 0 spiro atoms. The Balaban J connectivity index is 1.42. The number of hydrogen-bond donors (Lipinski definition) is 1. The zero-order chi connectivity index (χ0) is 29.5. The maximum atomic E-state index is 13.0. The molecule has 1 N–H and O–H groups in total. The number of pyridine rings is 2. The molecule has 214 valence electrons. The quantitative estimate of drug-likeness (QED) is 0.197. The molecule has 0 saturated carbocycles. The largest absolute Gasteiger partial charge is 0.494 e. The lowest BCUT2D eigenvalue weighted by Crippen LogP contribution is -2.22. The van der Waals surface area contributed by atoms with Crippen molar-refractivity contribution in [1.82, 2.24) is 14.9 Å². The number of carbonyl (C=O) groups is 1. The highest BCUT2D eigenvalue weighted by atomic mass is 35.5. The molecule has 1 aliphatic heterocycles. The van der Waals surface area contributed by atoms with E-state index in [0.29, 0.717) is 51.0 Å². The molecule has 1 fully saturated rings. The summed E-state index contributed by atoms with van der Waals surface area (Å²) in [5.41, 5.74) is 3.76. The summed E-state index contributed by atoms with van der Waals surface area (Å²) >= 11 is 6.55. The lowest BCUT2D eigenvalue weighted by Gasteiger charge is -2.16. The van der Waals surface area contributed by atoms with Gasteiger partial charge in [0.05, 0.1) is 34.1 Å². The Labute approximate surface area is 250 Å². The molecule has 0 radical (unpaired) electrons. The maximum Gasteiger partial charge on any atom is 0.159 e. The van der Waals surface area contributed by atoms with Crippen LogP contribution >= 0.6 is 11.6 Å². The predicted octanol–water partition coefficient (Wildman–Crippen LogP) is 6.64. The van der Waals surface area contributed by atoms with Crippen LogP contribution < -0.4 is 14.8 Å². The second-order valence-electron chi connectivity index (χ2n) is 10.1. The summed E-state index contributed by atoms with van der Waals surface area (Å²) in [6.45, 7) is 3.68. The molecule has 2 aromatic heterocycles. The van der Waals surface area contributed by atoms with Gasteiger partial charge in [0.1, 0.15) is 24.2 Å². The highest BCUT2D eigenvalue weighted by molar-refractivity contribution is 6.32. The number of carbonyl (C=O) groups excluding carboxylic acids is 1. The fourth-order valence-electron chi connectivity index (χ4n) is 5.03. The molecule has 0 aliphatic carbocycles. The number of anilines is 2. The van der Waals surface area contributed by atoms with Crippen LogP contribution in [0.15, 0.2) is 73.1 Å². The highest BCUT2D eigenvalue weighted by Gasteiger charge is 2.19. The summed E-state index contributed by atoms with van der Waals surface area (Å²) in [6.07, 6.45) is 9.26. The van der Waals surface area contributed by atoms with Crippen molar-refractivity contribution in [2.45, 2.75) is 38.8 Å². The zero-order valence-electron chi connectivity index (χ0n) is 23.6. The van der Waals surface area contributed by atoms with Gasteiger partial charge in [-0.15, -0.1) is 0 Å². The van der Waals surface area contributed by atoms with Crippen LogP contribution in [0.2, 0.25) is 5.02 Å². The van der Waals surface area contributed by atoms with Gasteiger partial charge in [-0.3, -0.25) is 19.7 Å². The van der Waals surface area contributed by atoms with E-state index < -0.39 is 0 Å². The van der Waals surface area contributed by atoms with Crippen molar-refractivity contribution in [3.63, 3.8) is 0 Å². The van der Waals surface area contributed by atoms with Crippen molar-refractivity contribution in [3.05, 3.63) is 94.9 Å². The van der Waals surface area contributed by atoms with Gasteiger partial charge in [0.15, 0.2) is 5.78 Å². The first-order valence-corrected chi connectivity index (χ1v) is 14.3. The standard InChI is InChI=1S/C33H32ClN5O3/c1-3-41-32-18-30-28(16-22(32)15-27(40)11-10-26-8-6-14-39(26)2)33(23(19-35)20-37-30)38-24-9-12-31(29(34)17-24)42-21-25-7-4-5-13-36-25/h4-5,7,9-13,16-18,20,26H,3,6,8,14-15,21H2,1-2H3,(H,37,38)/b11-10+. The van der Waals surface area contributed by atoms with Crippen molar-refractivity contribution in [1.29, 1.82) is 5.26 Å². The Morgan fingerprint density at radius 3 is 2.79 bits per heavy atom. The van der Waals surface area contributed by atoms with Gasteiger partial charge in [0, 0.05) is 47.6 Å². The van der Waals surface area contributed by atoms with Gasteiger partial charge in [-0.2, -0.15) is 5.26 Å². The van der Waals surface area contributed by atoms with E-state index in [1.807, 2.05) is 49.4 Å². The number of hydrogen-bond acceptors (Lipinski definition) is 8. The minimum absolute atomic E-state index is 0.0115. The minimum atomic E-state index is -0.0115. The van der Waals surface area contributed by atoms with Crippen LogP contribution in [0.4, 0.5) is 11.4 Å². The molecule has 2 aromatic carbocycles. The van der Waals surface area contributed by atoms with Crippen LogP contribution in [0.5, 0.6) is 11.5 Å². The molecule has 0 amide bonds. The van der Waals surface area contributed by atoms with Gasteiger partial charge in [-0.05, 0) is 75.8 Å². The average Bonchev–Trinajstić information content (AvgIpc) is 3.41. The van der Waals surface area contributed by atoms with Crippen LogP contribution in [0.25, 0.3) is 10.9 Å². The lowest BCUT2D eigenvalue weighted by molar-refractivity contribution is -0.114. The van der Waals surface area contributed by atoms with Crippen molar-refractivity contribution >= 4 is 39.7 Å². The third-order valence-corrected chi connectivity index (χ3v) is 7.51. The Bertz CT molecular complexity index is 1650. The van der Waals surface area contributed by atoms with Crippen LogP contribution in [0, 0.1) is 11.3 Å². The van der Waals surface area contributed by atoms with Crippen LogP contribution in [0.1, 0.15) is 36.6 Å². The van der Waals surface area contributed by atoms with E-state index in [4.69, 9.17) is 21.1 Å². The van der Waals surface area contributed by atoms with Crippen molar-refractivity contribution in [3.8, 4) is 17.6 Å². The molecule has 8 nitrogen and oxygen atoms in total. The number of likely N-dealkylation sites (tertiary alicyclic amines) is 1. The number of ketones is 1. The monoisotopic (exact) mass is 581 g/mol. The summed E-state index contributed by atoms with van der Waals surface area (Å²) < 4.78 is 11.7. The SMILES string of the molecule is CCOc1cc2ncc(C#N)c(Nc3ccc(OCc4ccccn4)c(Cl)c3)c2cc1CC(=O)/C=C/C1CCCN1C. The van der Waals surface area contributed by atoms with Crippen molar-refractivity contribution in [2.24, 2.45) is 0 Å². The smallest absolute Gasteiger partial charge is 0.159 e. The number of rotatable bonds is 11. The van der Waals surface area contributed by atoms with E-state index in [0.717, 1.165) is 30.6 Å². The molecule has 3 heterocycles. The van der Waals surface area contributed by atoms with Gasteiger partial charge in [-0.25, -0.2) is 0 Å². The third-order valence-electron chi connectivity index (χ3n) is 7.22. The third kappa shape index (κ3) is 6.88. The summed E-state index contributed by atoms with van der Waals surface area (Å²) in [5, 5.41) is 14.4. The first-order valence-electron chi connectivity index (χ1n) is 13.9. The fraction of sp³-hybridized carbons (Fsp3) is 0.273. The summed E-state index contributed by atoms with van der Waals surface area (Å²) in [4.78, 5) is 24.0. The number of fused-ring (bicyclic) bond motifs is 1. The van der Waals surface area contributed by atoms with Gasteiger partial charge < -0.3 is 14.8 Å². The van der Waals surface area contributed by atoms with Gasteiger partial charge in [0.2, 0.25) is 0 Å². The van der Waals surface area contributed by atoms with E-state index in [2.05, 4.69) is 33.3 Å². The van der Waals surface area contributed by atoms with E-state index in [9.17, 15) is 10.1 Å². The van der Waals surface area contributed by atoms with Gasteiger partial charge in [-0.1, -0.05) is 23.7 Å². The van der Waals surface area contributed by atoms with Crippen LogP contribution in [-0.4, -0.2) is 46.9 Å². The molecule has 9 heteroatoms. The topological polar surface area (TPSA) is 100 Å². The molecule has 5 rings (SSSR count). The van der Waals surface area contributed by atoms with E-state index in [1.165, 1.54) is 6.20 Å². The Morgan fingerprint density at radius 1 is 1.19 bits per heavy atom. The molecule has 1 unspecified atom stereocenters. The van der Waals surface area contributed by atoms with Crippen LogP contribution in [0.3, 0.4) is 0 Å². The number of nitrogens with zero attached hydrogens (tertiary/aromatic N) is 4. The zero-order valence-corrected chi connectivity index (χ0v) is 24.4. The lowest BCUT2D eigenvalue weighted by atomic mass is 10.0. The second kappa shape index (κ2) is 13.5. The molecule has 4 aromatic rings. The van der Waals surface area contributed by atoms with Crippen LogP contribution in [-0.2, 0) is 17.8 Å². The summed E-state index contributed by atoms with van der Waals surface area (Å²) in [5.74, 6) is 1.11. The molecular formula is C33H32ClN5O3. The van der Waals surface area contributed by atoms with Crippen molar-refractivity contribution in [2.75, 3.05) is 25.5 Å². The molecule has 1 atom stereocenters. The predicted molar refractivity (Wildman–Crippen MR) is 164 cm³/mol. The Morgan fingerprint density at radius 2 is 2.07 bits per heavy atom. The number of nitriles is 1. The normalized spacial score (nSPS) is 15.1. The summed E-state index contributed by atoms with van der Waals surface area (Å²) in [7, 11) is 2.08. The summed E-state index contributed by atoms with van der Waals surface area (Å²) in [6, 6.07) is 17.2. The number of benzene rings is 2. The molecule has 1 aliphatic rings. The molecular weight excluding hydrogens is 550 g/mol. The number of allylic oxidation sites excluding steroid dienone is 1. The number of ether oxygens (including phenoxy) is 2. The number of halogens is 1. The second-order valence-corrected chi connectivity index (χ2v) is 10.5. The molecule has 42 heavy (non-hydrogen) atoms. The number of aromatic nitrogens is 2. The minimum Gasteiger partial charge on any atom is -0.494 e. The maximum absolute atomic E-state index is 13.0. The highest BCUT2D eigenvalue weighted by Crippen LogP contribution is 2.36. The van der Waals surface area contributed by atoms with E-state index >= 15 is 0 Å². The molecule has 0 bridgehead atoms.